The van der Waals surface area contributed by atoms with Crippen LogP contribution in [0, 0.1) is 0 Å². The van der Waals surface area contributed by atoms with Gasteiger partial charge >= 0.3 is 0 Å². The number of methoxy groups -OCH3 is 1. The maximum atomic E-state index is 13.0. The zero-order valence-electron chi connectivity index (χ0n) is 16.6. The van der Waals surface area contributed by atoms with Gasteiger partial charge < -0.3 is 33.4 Å². The van der Waals surface area contributed by atoms with Gasteiger partial charge in [0.25, 0.3) is 0 Å². The van der Waals surface area contributed by atoms with Gasteiger partial charge in [0.2, 0.25) is 23.9 Å². The van der Waals surface area contributed by atoms with Crippen molar-refractivity contribution in [3.05, 3.63) is 51.6 Å². The van der Waals surface area contributed by atoms with Gasteiger partial charge in [-0.15, -0.1) is 0 Å². The number of rotatable bonds is 6. The van der Waals surface area contributed by atoms with Crippen molar-refractivity contribution in [2.75, 3.05) is 40.2 Å². The highest BCUT2D eigenvalue weighted by molar-refractivity contribution is 5.78. The number of hydrogen-bond acceptors (Lipinski definition) is 8. The third-order valence-corrected chi connectivity index (χ3v) is 5.14. The van der Waals surface area contributed by atoms with Crippen molar-refractivity contribution < 1.29 is 33.3 Å². The van der Waals surface area contributed by atoms with Crippen molar-refractivity contribution in [3.63, 3.8) is 0 Å². The van der Waals surface area contributed by atoms with Crippen LogP contribution in [-0.2, 0) is 20.9 Å². The van der Waals surface area contributed by atoms with E-state index < -0.39 is 17.1 Å². The molecule has 9 nitrogen and oxygen atoms in total. The number of amides is 1. The molecule has 1 aromatic carbocycles. The summed E-state index contributed by atoms with van der Waals surface area (Å²) in [7, 11) is 1.48. The van der Waals surface area contributed by atoms with Gasteiger partial charge in [-0.25, -0.2) is 0 Å². The molecule has 0 unspecified atom stereocenters. The van der Waals surface area contributed by atoms with E-state index in [1.54, 1.807) is 23.1 Å². The fraction of sp³-hybridized carbons (Fsp3) is 0.429. The second-order valence-corrected chi connectivity index (χ2v) is 7.09. The zero-order chi connectivity index (χ0) is 21.1. The van der Waals surface area contributed by atoms with E-state index in [-0.39, 0.29) is 37.2 Å². The van der Waals surface area contributed by atoms with Crippen molar-refractivity contribution >= 4 is 5.91 Å². The predicted molar refractivity (Wildman–Crippen MR) is 104 cm³/mol. The molecule has 2 aliphatic heterocycles. The van der Waals surface area contributed by atoms with Gasteiger partial charge in [0.05, 0.1) is 19.1 Å². The molecule has 1 amide bonds. The molecule has 2 aliphatic rings. The van der Waals surface area contributed by atoms with E-state index >= 15 is 0 Å². The van der Waals surface area contributed by atoms with Crippen LogP contribution in [0.1, 0.15) is 29.4 Å². The smallest absolute Gasteiger partial charge is 0.231 e. The highest BCUT2D eigenvalue weighted by Gasteiger charge is 2.30. The quantitative estimate of drug-likeness (QED) is 0.755. The normalized spacial score (nSPS) is 16.5. The summed E-state index contributed by atoms with van der Waals surface area (Å²) >= 11 is 0. The summed E-state index contributed by atoms with van der Waals surface area (Å²) in [4.78, 5) is 27.0. The van der Waals surface area contributed by atoms with Crippen LogP contribution in [-0.4, -0.2) is 56.1 Å². The SMILES string of the molecule is COCc1cc(=O)c(O)c([C@H](CC(=O)N2CCOCC2)c2ccc3c(c2)OCO3)o1. The van der Waals surface area contributed by atoms with Crippen LogP contribution in [0.3, 0.4) is 0 Å². The van der Waals surface area contributed by atoms with E-state index in [0.29, 0.717) is 43.4 Å². The van der Waals surface area contributed by atoms with Crippen molar-refractivity contribution in [1.82, 2.24) is 4.90 Å². The summed E-state index contributed by atoms with van der Waals surface area (Å²) in [5.74, 6) is 0.0729. The number of fused-ring (bicyclic) bond motifs is 1. The zero-order valence-corrected chi connectivity index (χ0v) is 16.6. The predicted octanol–water partition coefficient (Wildman–Crippen LogP) is 1.60. The van der Waals surface area contributed by atoms with Gasteiger partial charge in [-0.3, -0.25) is 9.59 Å². The lowest BCUT2D eigenvalue weighted by Gasteiger charge is -2.28. The Morgan fingerprint density at radius 2 is 1.97 bits per heavy atom. The van der Waals surface area contributed by atoms with Gasteiger partial charge in [0.15, 0.2) is 17.3 Å². The highest BCUT2D eigenvalue weighted by atomic mass is 16.7. The van der Waals surface area contributed by atoms with E-state index in [9.17, 15) is 14.7 Å². The lowest BCUT2D eigenvalue weighted by atomic mass is 9.91. The third kappa shape index (κ3) is 4.12. The molecule has 30 heavy (non-hydrogen) atoms. The number of carbonyl (C=O) groups is 1. The van der Waals surface area contributed by atoms with Gasteiger partial charge in [0, 0.05) is 32.7 Å². The Morgan fingerprint density at radius 1 is 1.20 bits per heavy atom. The first-order valence-electron chi connectivity index (χ1n) is 9.66. The van der Waals surface area contributed by atoms with Gasteiger partial charge in [-0.05, 0) is 17.7 Å². The molecular weight excluding hydrogens is 394 g/mol. The lowest BCUT2D eigenvalue weighted by molar-refractivity contribution is -0.135. The van der Waals surface area contributed by atoms with Crippen molar-refractivity contribution in [2.45, 2.75) is 18.9 Å². The van der Waals surface area contributed by atoms with Crippen molar-refractivity contribution in [3.8, 4) is 17.2 Å². The van der Waals surface area contributed by atoms with E-state index in [4.69, 9.17) is 23.4 Å². The fourth-order valence-corrected chi connectivity index (χ4v) is 3.61. The molecule has 160 valence electrons. The van der Waals surface area contributed by atoms with Crippen LogP contribution < -0.4 is 14.9 Å². The van der Waals surface area contributed by atoms with Crippen LogP contribution in [0.5, 0.6) is 17.2 Å². The minimum Gasteiger partial charge on any atom is -0.502 e. The van der Waals surface area contributed by atoms with Crippen LogP contribution in [0.4, 0.5) is 0 Å². The number of benzene rings is 1. The second-order valence-electron chi connectivity index (χ2n) is 7.09. The molecule has 1 fully saturated rings. The third-order valence-electron chi connectivity index (χ3n) is 5.14. The fourth-order valence-electron chi connectivity index (χ4n) is 3.61. The molecule has 4 rings (SSSR count). The van der Waals surface area contributed by atoms with Crippen LogP contribution >= 0.6 is 0 Å². The number of carbonyl (C=O) groups excluding carboxylic acids is 1. The molecule has 1 aromatic heterocycles. The molecule has 0 radical (unpaired) electrons. The molecule has 0 aliphatic carbocycles. The summed E-state index contributed by atoms with van der Waals surface area (Å²) in [5.41, 5.74) is 0.0711. The Morgan fingerprint density at radius 3 is 2.73 bits per heavy atom. The second kappa shape index (κ2) is 8.76. The number of morpholine rings is 1. The lowest BCUT2D eigenvalue weighted by Crippen LogP contribution is -2.41. The first-order chi connectivity index (χ1) is 14.6. The number of hydrogen-bond donors (Lipinski definition) is 1. The van der Waals surface area contributed by atoms with E-state index in [0.717, 1.165) is 0 Å². The minimum atomic E-state index is -0.695. The van der Waals surface area contributed by atoms with E-state index in [2.05, 4.69) is 0 Å². The number of nitrogens with zero attached hydrogens (tertiary/aromatic N) is 1. The monoisotopic (exact) mass is 417 g/mol. The first kappa shape index (κ1) is 20.2. The molecule has 1 saturated heterocycles. The average Bonchev–Trinajstić information content (AvgIpc) is 3.23. The number of ether oxygens (including phenoxy) is 4. The molecule has 1 N–H and O–H groups in total. The summed E-state index contributed by atoms with van der Waals surface area (Å²) in [6, 6.07) is 6.43. The summed E-state index contributed by atoms with van der Waals surface area (Å²) < 4.78 is 27.0. The number of aromatic hydroxyl groups is 1. The average molecular weight is 417 g/mol. The Labute approximate surface area is 172 Å². The Balaban J connectivity index is 1.74. The molecule has 0 saturated carbocycles. The maximum Gasteiger partial charge on any atom is 0.231 e. The highest BCUT2D eigenvalue weighted by Crippen LogP contribution is 2.39. The summed E-state index contributed by atoms with van der Waals surface area (Å²) in [6.07, 6.45) is 0.00653. The summed E-state index contributed by atoms with van der Waals surface area (Å²) in [6.45, 7) is 2.11. The van der Waals surface area contributed by atoms with Crippen LogP contribution in [0.15, 0.2) is 33.5 Å². The van der Waals surface area contributed by atoms with Gasteiger partial charge in [-0.2, -0.15) is 0 Å². The molecule has 1 atom stereocenters. The van der Waals surface area contributed by atoms with Crippen molar-refractivity contribution in [2.24, 2.45) is 0 Å². The maximum absolute atomic E-state index is 13.0. The molecule has 2 aromatic rings. The Hall–Kier alpha value is -3.04. The van der Waals surface area contributed by atoms with Crippen molar-refractivity contribution in [1.29, 1.82) is 0 Å². The Bertz CT molecular complexity index is 979. The Kier molecular flexibility index (Phi) is 5.91. The minimum absolute atomic E-state index is 0.00653. The first-order valence-corrected chi connectivity index (χ1v) is 9.66. The van der Waals surface area contributed by atoms with Crippen LogP contribution in [0.25, 0.3) is 0 Å². The molecule has 9 heteroatoms. The molecule has 0 bridgehead atoms. The van der Waals surface area contributed by atoms with E-state index in [1.807, 2.05) is 0 Å². The topological polar surface area (TPSA) is 108 Å². The van der Waals surface area contributed by atoms with E-state index in [1.165, 1.54) is 13.2 Å². The standard InChI is InChI=1S/C21H23NO8/c1-26-11-14-9-16(23)20(25)21(30-14)15(10-19(24)22-4-6-27-7-5-22)13-2-3-17-18(8-13)29-12-28-17/h2-3,8-9,15,25H,4-7,10-12H2,1H3/t15-/m1/s1. The van der Waals surface area contributed by atoms with Gasteiger partial charge in [0.1, 0.15) is 12.4 Å². The molecular formula is C21H23NO8. The molecule has 3 heterocycles. The summed E-state index contributed by atoms with van der Waals surface area (Å²) in [5, 5.41) is 10.5. The largest absolute Gasteiger partial charge is 0.502 e. The van der Waals surface area contributed by atoms with Gasteiger partial charge in [-0.1, -0.05) is 6.07 Å². The van der Waals surface area contributed by atoms with Crippen LogP contribution in [0.2, 0.25) is 0 Å². The molecule has 0 spiro atoms.